The van der Waals surface area contributed by atoms with Crippen molar-refractivity contribution in [2.45, 2.75) is 32.8 Å². The molecule has 0 bridgehead atoms. The van der Waals surface area contributed by atoms with Crippen LogP contribution >= 0.6 is 0 Å². The summed E-state index contributed by atoms with van der Waals surface area (Å²) >= 11 is 0. The smallest absolute Gasteiger partial charge is 0.260 e. The van der Waals surface area contributed by atoms with Crippen molar-refractivity contribution in [2.75, 3.05) is 12.3 Å². The summed E-state index contributed by atoms with van der Waals surface area (Å²) in [6, 6.07) is 19.2. The molecule has 3 rings (SSSR count). The molecule has 3 N–H and O–H groups in total. The zero-order valence-electron chi connectivity index (χ0n) is 17.1. The van der Waals surface area contributed by atoms with Crippen LogP contribution in [0.4, 0.5) is 5.82 Å². The quantitative estimate of drug-likeness (QED) is 0.562. The van der Waals surface area contributed by atoms with Gasteiger partial charge in [-0.25, -0.2) is 4.68 Å². The van der Waals surface area contributed by atoms with Gasteiger partial charge in [-0.1, -0.05) is 30.3 Å². The van der Waals surface area contributed by atoms with E-state index in [1.54, 1.807) is 11.6 Å². The molecule has 0 unspecified atom stereocenters. The number of ether oxygens (including phenoxy) is 1. The van der Waals surface area contributed by atoms with Crippen LogP contribution in [0, 0.1) is 18.3 Å². The Bertz CT molecular complexity index is 1050. The van der Waals surface area contributed by atoms with Crippen LogP contribution in [-0.4, -0.2) is 28.3 Å². The normalized spacial score (nSPS) is 11.5. The Balaban J connectivity index is 1.54. The summed E-state index contributed by atoms with van der Waals surface area (Å²) in [5.74, 6) is 0.799. The van der Waals surface area contributed by atoms with Gasteiger partial charge in [-0.2, -0.15) is 10.4 Å². The second-order valence-corrected chi connectivity index (χ2v) is 7.04. The van der Waals surface area contributed by atoms with Crippen molar-refractivity contribution in [3.05, 3.63) is 71.4 Å². The molecular formula is C23H25N5O2. The number of para-hydroxylation sites is 1. The number of amides is 1. The van der Waals surface area contributed by atoms with Gasteiger partial charge in [0, 0.05) is 6.54 Å². The van der Waals surface area contributed by atoms with Gasteiger partial charge in [0.05, 0.1) is 11.4 Å². The molecule has 1 aromatic heterocycles. The number of aryl methyl sites for hydroxylation is 2. The van der Waals surface area contributed by atoms with Gasteiger partial charge in [0.1, 0.15) is 23.2 Å². The highest BCUT2D eigenvalue weighted by Crippen LogP contribution is 2.21. The fourth-order valence-corrected chi connectivity index (χ4v) is 3.10. The van der Waals surface area contributed by atoms with E-state index in [2.05, 4.69) is 16.5 Å². The zero-order chi connectivity index (χ0) is 21.5. The minimum absolute atomic E-state index is 0.189. The van der Waals surface area contributed by atoms with E-state index in [0.29, 0.717) is 42.2 Å². The van der Waals surface area contributed by atoms with Gasteiger partial charge in [0.15, 0.2) is 6.10 Å². The number of nitrogens with two attached hydrogens (primary N) is 1. The van der Waals surface area contributed by atoms with Crippen molar-refractivity contribution in [3.8, 4) is 17.5 Å². The number of nitrogens with one attached hydrogen (secondary N) is 1. The van der Waals surface area contributed by atoms with Gasteiger partial charge in [-0.05, 0) is 56.5 Å². The van der Waals surface area contributed by atoms with Gasteiger partial charge in [0.2, 0.25) is 0 Å². The lowest BCUT2D eigenvalue weighted by Crippen LogP contribution is -2.37. The minimum atomic E-state index is -0.602. The topological polar surface area (TPSA) is 106 Å². The third kappa shape index (κ3) is 4.97. The fourth-order valence-electron chi connectivity index (χ4n) is 3.10. The number of anilines is 1. The van der Waals surface area contributed by atoms with Crippen LogP contribution in [-0.2, 0) is 11.2 Å². The third-order valence-corrected chi connectivity index (χ3v) is 4.67. The molecule has 0 saturated heterocycles. The van der Waals surface area contributed by atoms with Crippen LogP contribution in [0.2, 0.25) is 0 Å². The summed E-state index contributed by atoms with van der Waals surface area (Å²) < 4.78 is 7.26. The average Bonchev–Trinajstić information content (AvgIpc) is 3.06. The molecule has 154 valence electrons. The van der Waals surface area contributed by atoms with E-state index in [0.717, 1.165) is 11.3 Å². The number of nitrogens with zero attached hydrogens (tertiary/aromatic N) is 3. The van der Waals surface area contributed by atoms with Crippen LogP contribution in [0.15, 0.2) is 54.6 Å². The zero-order valence-corrected chi connectivity index (χ0v) is 17.1. The summed E-state index contributed by atoms with van der Waals surface area (Å²) in [5.41, 5.74) is 8.98. The second kappa shape index (κ2) is 9.61. The Morgan fingerprint density at radius 2 is 2.03 bits per heavy atom. The van der Waals surface area contributed by atoms with E-state index in [9.17, 15) is 10.1 Å². The van der Waals surface area contributed by atoms with Crippen molar-refractivity contribution in [3.63, 3.8) is 0 Å². The number of carbonyl (C=O) groups excluding carboxylic acids is 1. The molecule has 1 atom stereocenters. The Morgan fingerprint density at radius 3 is 2.73 bits per heavy atom. The number of aromatic nitrogens is 2. The highest BCUT2D eigenvalue weighted by molar-refractivity contribution is 5.80. The lowest BCUT2D eigenvalue weighted by Gasteiger charge is -2.15. The monoisotopic (exact) mass is 403 g/mol. The largest absolute Gasteiger partial charge is 0.481 e. The summed E-state index contributed by atoms with van der Waals surface area (Å²) in [6.45, 7) is 4.13. The van der Waals surface area contributed by atoms with Crippen LogP contribution in [0.1, 0.15) is 30.2 Å². The van der Waals surface area contributed by atoms with Gasteiger partial charge < -0.3 is 15.8 Å². The van der Waals surface area contributed by atoms with Crippen LogP contribution < -0.4 is 15.8 Å². The van der Waals surface area contributed by atoms with Crippen LogP contribution in [0.5, 0.6) is 5.75 Å². The highest BCUT2D eigenvalue weighted by atomic mass is 16.5. The number of benzene rings is 2. The molecule has 0 radical (unpaired) electrons. The molecule has 0 aliphatic heterocycles. The summed E-state index contributed by atoms with van der Waals surface area (Å²) in [4.78, 5) is 12.3. The molecule has 1 amide bonds. The number of nitriles is 1. The summed E-state index contributed by atoms with van der Waals surface area (Å²) in [6.07, 6.45) is 0.554. The lowest BCUT2D eigenvalue weighted by molar-refractivity contribution is -0.127. The highest BCUT2D eigenvalue weighted by Gasteiger charge is 2.17. The van der Waals surface area contributed by atoms with E-state index < -0.39 is 6.10 Å². The number of carbonyl (C=O) groups is 1. The molecule has 0 aliphatic carbocycles. The lowest BCUT2D eigenvalue weighted by atomic mass is 10.1. The van der Waals surface area contributed by atoms with E-state index in [1.807, 2.05) is 61.5 Å². The first-order valence-electron chi connectivity index (χ1n) is 9.83. The maximum absolute atomic E-state index is 12.3. The first kappa shape index (κ1) is 20.9. The predicted octanol–water partition coefficient (Wildman–Crippen LogP) is 3.15. The maximum atomic E-state index is 12.3. The van der Waals surface area contributed by atoms with Crippen LogP contribution in [0.3, 0.4) is 0 Å². The summed E-state index contributed by atoms with van der Waals surface area (Å²) in [5, 5.41) is 16.8. The molecule has 3 aromatic rings. The maximum Gasteiger partial charge on any atom is 0.260 e. The molecule has 0 saturated carbocycles. The van der Waals surface area contributed by atoms with Gasteiger partial charge >= 0.3 is 0 Å². The molecule has 7 heteroatoms. The van der Waals surface area contributed by atoms with Crippen molar-refractivity contribution in [1.82, 2.24) is 15.1 Å². The molecule has 1 heterocycles. The van der Waals surface area contributed by atoms with Gasteiger partial charge in [-0.3, -0.25) is 4.79 Å². The third-order valence-electron chi connectivity index (χ3n) is 4.67. The van der Waals surface area contributed by atoms with Crippen molar-refractivity contribution in [2.24, 2.45) is 0 Å². The molecule has 0 aliphatic rings. The Labute approximate surface area is 176 Å². The van der Waals surface area contributed by atoms with E-state index in [1.165, 1.54) is 0 Å². The van der Waals surface area contributed by atoms with E-state index in [-0.39, 0.29) is 5.91 Å². The molecule has 7 nitrogen and oxygen atoms in total. The van der Waals surface area contributed by atoms with Crippen molar-refractivity contribution < 1.29 is 9.53 Å². The van der Waals surface area contributed by atoms with E-state index >= 15 is 0 Å². The fraction of sp³-hybridized carbons (Fsp3) is 0.261. The predicted molar refractivity (Wildman–Crippen MR) is 115 cm³/mol. The molecule has 0 fully saturated rings. The second-order valence-electron chi connectivity index (χ2n) is 7.04. The standard InChI is InChI=1S/C23H25N5O2/c1-16-8-6-11-19(14-16)30-17(2)23(29)26-13-7-12-21-20(15-24)22(25)28(27-21)18-9-4-3-5-10-18/h3-6,8-11,14,17H,7,12-13,25H2,1-2H3,(H,26,29)/t17-/m1/s1. The molecule has 30 heavy (non-hydrogen) atoms. The molecule has 2 aromatic carbocycles. The van der Waals surface area contributed by atoms with E-state index in [4.69, 9.17) is 10.5 Å². The summed E-state index contributed by atoms with van der Waals surface area (Å²) in [7, 11) is 0. The van der Waals surface area contributed by atoms with Gasteiger partial charge in [0.25, 0.3) is 5.91 Å². The Hall–Kier alpha value is -3.79. The number of hydrogen-bond acceptors (Lipinski definition) is 5. The Kier molecular flexibility index (Phi) is 6.71. The first-order chi connectivity index (χ1) is 14.5. The number of nitrogen functional groups attached to an aromatic ring is 1. The van der Waals surface area contributed by atoms with Crippen LogP contribution in [0.25, 0.3) is 5.69 Å². The number of hydrogen-bond donors (Lipinski definition) is 2. The SMILES string of the molecule is Cc1cccc(O[C@H](C)C(=O)NCCCc2nn(-c3ccccc3)c(N)c2C#N)c1. The van der Waals surface area contributed by atoms with Gasteiger partial charge in [-0.15, -0.1) is 0 Å². The molecular weight excluding hydrogens is 378 g/mol. The number of rotatable bonds is 8. The minimum Gasteiger partial charge on any atom is -0.481 e. The Morgan fingerprint density at radius 1 is 1.27 bits per heavy atom. The van der Waals surface area contributed by atoms with Crippen molar-refractivity contribution >= 4 is 11.7 Å². The first-order valence-corrected chi connectivity index (χ1v) is 9.83. The van der Waals surface area contributed by atoms with Crippen molar-refractivity contribution in [1.29, 1.82) is 5.26 Å². The average molecular weight is 403 g/mol. The molecule has 0 spiro atoms.